The Balaban J connectivity index is 1.93. The average Bonchev–Trinajstić information content (AvgIpc) is 2.50. The molecule has 2 aromatic rings. The number of hydrogen-bond donors (Lipinski definition) is 1. The standard InChI is InChI=1S/C17H18ClNO2S/c1-2-3-14-4-6-15(7-5-14)12-13-19-22(20,21)17-10-8-16(18)9-11-17/h2-11,19H,12-13H2,1H3/b3-2-. The van der Waals surface area contributed by atoms with Gasteiger partial charge in [0.1, 0.15) is 0 Å². The van der Waals surface area contributed by atoms with Gasteiger partial charge in [0.2, 0.25) is 10.0 Å². The first-order chi connectivity index (χ1) is 10.5. The van der Waals surface area contributed by atoms with Crippen LogP contribution in [0.3, 0.4) is 0 Å². The van der Waals surface area contributed by atoms with Gasteiger partial charge in [-0.05, 0) is 48.7 Å². The summed E-state index contributed by atoms with van der Waals surface area (Å²) in [6.45, 7) is 2.33. The molecule has 0 aliphatic heterocycles. The van der Waals surface area contributed by atoms with Crippen molar-refractivity contribution in [1.29, 1.82) is 0 Å². The molecule has 0 aromatic heterocycles. The SMILES string of the molecule is C/C=C\c1ccc(CCNS(=O)(=O)c2ccc(Cl)cc2)cc1. The van der Waals surface area contributed by atoms with Crippen LogP contribution in [0.5, 0.6) is 0 Å². The van der Waals surface area contributed by atoms with Crippen LogP contribution in [0.15, 0.2) is 59.5 Å². The van der Waals surface area contributed by atoms with E-state index in [0.29, 0.717) is 18.0 Å². The largest absolute Gasteiger partial charge is 0.240 e. The minimum Gasteiger partial charge on any atom is -0.211 e. The Hall–Kier alpha value is -1.62. The first kappa shape index (κ1) is 16.7. The second-order valence-electron chi connectivity index (χ2n) is 4.84. The molecule has 5 heteroatoms. The van der Waals surface area contributed by atoms with Crippen molar-refractivity contribution >= 4 is 27.7 Å². The highest BCUT2D eigenvalue weighted by atomic mass is 35.5. The van der Waals surface area contributed by atoms with E-state index in [1.54, 1.807) is 12.1 Å². The van der Waals surface area contributed by atoms with Crippen molar-refractivity contribution in [3.63, 3.8) is 0 Å². The van der Waals surface area contributed by atoms with Crippen LogP contribution in [0.2, 0.25) is 5.02 Å². The summed E-state index contributed by atoms with van der Waals surface area (Å²) in [4.78, 5) is 0.223. The number of halogens is 1. The van der Waals surface area contributed by atoms with Crippen molar-refractivity contribution in [2.24, 2.45) is 0 Å². The summed E-state index contributed by atoms with van der Waals surface area (Å²) in [5.41, 5.74) is 2.22. The van der Waals surface area contributed by atoms with Gasteiger partial charge < -0.3 is 0 Å². The molecule has 116 valence electrons. The third-order valence-electron chi connectivity index (χ3n) is 3.17. The molecule has 0 saturated carbocycles. The van der Waals surface area contributed by atoms with E-state index in [9.17, 15) is 8.42 Å². The Bertz CT molecular complexity index is 735. The zero-order valence-corrected chi connectivity index (χ0v) is 13.9. The Morgan fingerprint density at radius 2 is 1.68 bits per heavy atom. The molecule has 2 rings (SSSR count). The summed E-state index contributed by atoms with van der Waals surface area (Å²) < 4.78 is 26.8. The molecule has 1 N–H and O–H groups in total. The van der Waals surface area contributed by atoms with Crippen molar-refractivity contribution < 1.29 is 8.42 Å². The average molecular weight is 336 g/mol. The van der Waals surface area contributed by atoms with Gasteiger partial charge in [0, 0.05) is 11.6 Å². The predicted molar refractivity (Wildman–Crippen MR) is 91.5 cm³/mol. The van der Waals surface area contributed by atoms with Gasteiger partial charge in [-0.15, -0.1) is 0 Å². The van der Waals surface area contributed by atoms with E-state index in [4.69, 9.17) is 11.6 Å². The highest BCUT2D eigenvalue weighted by Gasteiger charge is 2.12. The van der Waals surface area contributed by atoms with Gasteiger partial charge >= 0.3 is 0 Å². The minimum atomic E-state index is -3.48. The number of benzene rings is 2. The first-order valence-electron chi connectivity index (χ1n) is 6.98. The fourth-order valence-electron chi connectivity index (χ4n) is 2.01. The van der Waals surface area contributed by atoms with E-state index in [1.807, 2.05) is 43.3 Å². The number of nitrogens with one attached hydrogen (secondary N) is 1. The van der Waals surface area contributed by atoms with Crippen molar-refractivity contribution in [2.75, 3.05) is 6.54 Å². The van der Waals surface area contributed by atoms with Gasteiger partial charge in [-0.3, -0.25) is 0 Å². The lowest BCUT2D eigenvalue weighted by Gasteiger charge is -2.07. The maximum Gasteiger partial charge on any atom is 0.240 e. The monoisotopic (exact) mass is 335 g/mol. The van der Waals surface area contributed by atoms with Gasteiger partial charge in [-0.1, -0.05) is 48.0 Å². The summed E-state index contributed by atoms with van der Waals surface area (Å²) in [5.74, 6) is 0. The van der Waals surface area contributed by atoms with Gasteiger partial charge in [-0.2, -0.15) is 0 Å². The molecule has 22 heavy (non-hydrogen) atoms. The van der Waals surface area contributed by atoms with Gasteiger partial charge in [0.05, 0.1) is 4.90 Å². The fourth-order valence-corrected chi connectivity index (χ4v) is 3.17. The summed E-state index contributed by atoms with van der Waals surface area (Å²) in [6.07, 6.45) is 4.64. The molecule has 0 unspecified atom stereocenters. The smallest absolute Gasteiger partial charge is 0.211 e. The van der Waals surface area contributed by atoms with Crippen molar-refractivity contribution in [2.45, 2.75) is 18.2 Å². The normalized spacial score (nSPS) is 11.9. The summed E-state index contributed by atoms with van der Waals surface area (Å²) in [5, 5.41) is 0.514. The fraction of sp³-hybridized carbons (Fsp3) is 0.176. The molecule has 0 fully saturated rings. The molecule has 2 aromatic carbocycles. The van der Waals surface area contributed by atoms with Gasteiger partial charge in [0.15, 0.2) is 0 Å². The van der Waals surface area contributed by atoms with E-state index in [0.717, 1.165) is 11.1 Å². The molecule has 3 nitrogen and oxygen atoms in total. The molecular weight excluding hydrogens is 318 g/mol. The van der Waals surface area contributed by atoms with Crippen LogP contribution in [0.25, 0.3) is 6.08 Å². The molecule has 0 bridgehead atoms. The zero-order valence-electron chi connectivity index (χ0n) is 12.3. The van der Waals surface area contributed by atoms with Crippen LogP contribution < -0.4 is 4.72 Å². The number of rotatable bonds is 6. The maximum atomic E-state index is 12.1. The Morgan fingerprint density at radius 3 is 2.27 bits per heavy atom. The zero-order chi connectivity index (χ0) is 16.0. The highest BCUT2D eigenvalue weighted by Crippen LogP contribution is 2.14. The van der Waals surface area contributed by atoms with E-state index in [2.05, 4.69) is 4.72 Å². The Labute approximate surface area is 136 Å². The van der Waals surface area contributed by atoms with Crippen LogP contribution in [0, 0.1) is 0 Å². The summed E-state index contributed by atoms with van der Waals surface area (Å²) >= 11 is 5.76. The molecular formula is C17H18ClNO2S. The molecule has 0 amide bonds. The third-order valence-corrected chi connectivity index (χ3v) is 4.90. The molecule has 0 spiro atoms. The molecule has 0 aliphatic rings. The Morgan fingerprint density at radius 1 is 1.05 bits per heavy atom. The van der Waals surface area contributed by atoms with Crippen LogP contribution in [-0.2, 0) is 16.4 Å². The lowest BCUT2D eigenvalue weighted by Crippen LogP contribution is -2.25. The number of hydrogen-bond acceptors (Lipinski definition) is 2. The third kappa shape index (κ3) is 4.70. The van der Waals surface area contributed by atoms with E-state index < -0.39 is 10.0 Å². The lowest BCUT2D eigenvalue weighted by molar-refractivity contribution is 0.581. The topological polar surface area (TPSA) is 46.2 Å². The van der Waals surface area contributed by atoms with Crippen LogP contribution in [0.1, 0.15) is 18.1 Å². The lowest BCUT2D eigenvalue weighted by atomic mass is 10.1. The predicted octanol–water partition coefficient (Wildman–Crippen LogP) is 3.89. The quantitative estimate of drug-likeness (QED) is 0.870. The van der Waals surface area contributed by atoms with E-state index in [1.165, 1.54) is 12.1 Å². The maximum absolute atomic E-state index is 12.1. The second kappa shape index (κ2) is 7.58. The van der Waals surface area contributed by atoms with Crippen LogP contribution >= 0.6 is 11.6 Å². The molecule has 0 radical (unpaired) electrons. The van der Waals surface area contributed by atoms with Crippen molar-refractivity contribution in [3.8, 4) is 0 Å². The number of allylic oxidation sites excluding steroid dienone is 1. The molecule has 0 heterocycles. The highest BCUT2D eigenvalue weighted by molar-refractivity contribution is 7.89. The van der Waals surface area contributed by atoms with E-state index >= 15 is 0 Å². The minimum absolute atomic E-state index is 0.223. The summed E-state index contributed by atoms with van der Waals surface area (Å²) in [6, 6.07) is 14.2. The molecule has 0 atom stereocenters. The molecule has 0 aliphatic carbocycles. The summed E-state index contributed by atoms with van der Waals surface area (Å²) in [7, 11) is -3.48. The number of sulfonamides is 1. The van der Waals surface area contributed by atoms with Gasteiger partial charge in [-0.25, -0.2) is 13.1 Å². The van der Waals surface area contributed by atoms with E-state index in [-0.39, 0.29) is 4.90 Å². The van der Waals surface area contributed by atoms with Crippen LogP contribution in [0.4, 0.5) is 0 Å². The van der Waals surface area contributed by atoms with Crippen molar-refractivity contribution in [1.82, 2.24) is 4.72 Å². The Kier molecular flexibility index (Phi) is 5.77. The second-order valence-corrected chi connectivity index (χ2v) is 7.05. The van der Waals surface area contributed by atoms with Gasteiger partial charge in [0.25, 0.3) is 0 Å². The van der Waals surface area contributed by atoms with Crippen LogP contribution in [-0.4, -0.2) is 15.0 Å². The molecule has 0 saturated heterocycles. The van der Waals surface area contributed by atoms with Crippen molar-refractivity contribution in [3.05, 3.63) is 70.8 Å². The first-order valence-corrected chi connectivity index (χ1v) is 8.84.